The van der Waals surface area contributed by atoms with E-state index in [-0.39, 0.29) is 36.2 Å². The average molecular weight is 513 g/mol. The van der Waals surface area contributed by atoms with Crippen molar-refractivity contribution in [3.05, 3.63) is 53.1 Å². The zero-order chi connectivity index (χ0) is 26.9. The van der Waals surface area contributed by atoms with E-state index in [1.165, 1.54) is 0 Å². The summed E-state index contributed by atoms with van der Waals surface area (Å²) in [6.45, 7) is 9.50. The third-order valence-corrected chi connectivity index (χ3v) is 7.75. The van der Waals surface area contributed by atoms with Crippen molar-refractivity contribution < 1.29 is 34.0 Å². The van der Waals surface area contributed by atoms with Crippen LogP contribution in [0.5, 0.6) is 5.75 Å². The van der Waals surface area contributed by atoms with Gasteiger partial charge in [0, 0.05) is 18.8 Å². The average Bonchev–Trinajstić information content (AvgIpc) is 2.76. The molecule has 1 aromatic carbocycles. The standard InChI is InChI=1S/C30H40O7/c1-17-10-18(2)12-24(11-17)37-30(4,5)29(34)36-26-15-21(31)13-20-7-6-19(3)25(28(20)26)9-8-23-14-22(32)16-27(33)35-23/h6-7,10-13,19,21-23,25-26,28,31-32H,8-9,14-16H2,1-5H3/t19-,21+,22+,23+,25-,26-,28-/m0/s1. The number of fused-ring (bicyclic) bond motifs is 1. The number of carbonyl (C=O) groups is 2. The Kier molecular flexibility index (Phi) is 8.14. The topological polar surface area (TPSA) is 102 Å². The summed E-state index contributed by atoms with van der Waals surface area (Å²) in [4.78, 5) is 25.2. The molecule has 37 heavy (non-hydrogen) atoms. The summed E-state index contributed by atoms with van der Waals surface area (Å²) in [6.07, 6.45) is 5.97. The van der Waals surface area contributed by atoms with E-state index in [9.17, 15) is 19.8 Å². The fourth-order valence-corrected chi connectivity index (χ4v) is 6.01. The molecule has 1 aromatic rings. The molecule has 0 aromatic heterocycles. The van der Waals surface area contributed by atoms with Crippen LogP contribution in [-0.4, -0.2) is 52.2 Å². The van der Waals surface area contributed by atoms with Crippen LogP contribution < -0.4 is 4.74 Å². The minimum atomic E-state index is -1.22. The van der Waals surface area contributed by atoms with Gasteiger partial charge in [0.2, 0.25) is 0 Å². The Bertz CT molecular complexity index is 1050. The summed E-state index contributed by atoms with van der Waals surface area (Å²) in [5.41, 5.74) is 1.84. The minimum absolute atomic E-state index is 0.0461. The number of carbonyl (C=O) groups excluding carboxylic acids is 2. The van der Waals surface area contributed by atoms with E-state index in [4.69, 9.17) is 14.2 Å². The lowest BCUT2D eigenvalue weighted by Gasteiger charge is -2.43. The molecule has 0 saturated carbocycles. The van der Waals surface area contributed by atoms with Gasteiger partial charge in [-0.15, -0.1) is 0 Å². The SMILES string of the molecule is Cc1cc(C)cc(OC(C)(C)C(=O)O[C@H]2C[C@H](O)C=C3C=C[C@H](C)[C@H](CC[C@@H]4C[C@@H](O)CC(=O)O4)[C@H]32)c1. The maximum Gasteiger partial charge on any atom is 0.350 e. The fourth-order valence-electron chi connectivity index (χ4n) is 6.01. The van der Waals surface area contributed by atoms with Gasteiger partial charge in [0.25, 0.3) is 0 Å². The molecule has 0 spiro atoms. The Morgan fingerprint density at radius 1 is 1.11 bits per heavy atom. The predicted molar refractivity (Wildman–Crippen MR) is 139 cm³/mol. The number of allylic oxidation sites excluding steroid dienone is 2. The van der Waals surface area contributed by atoms with Gasteiger partial charge in [0.15, 0.2) is 5.60 Å². The maximum atomic E-state index is 13.4. The fraction of sp³-hybridized carbons (Fsp3) is 0.600. The number of benzene rings is 1. The van der Waals surface area contributed by atoms with Gasteiger partial charge in [-0.1, -0.05) is 31.2 Å². The monoisotopic (exact) mass is 512 g/mol. The van der Waals surface area contributed by atoms with Crippen LogP contribution in [0, 0.1) is 31.6 Å². The molecule has 2 N–H and O–H groups in total. The molecule has 1 heterocycles. The van der Waals surface area contributed by atoms with Gasteiger partial charge in [-0.05, 0) is 81.2 Å². The number of rotatable bonds is 7. The highest BCUT2D eigenvalue weighted by molar-refractivity contribution is 5.79. The van der Waals surface area contributed by atoms with Crippen molar-refractivity contribution in [3.63, 3.8) is 0 Å². The summed E-state index contributed by atoms with van der Waals surface area (Å²) in [5.74, 6) is 0.0219. The van der Waals surface area contributed by atoms with Crippen LogP contribution in [0.2, 0.25) is 0 Å². The van der Waals surface area contributed by atoms with Crippen molar-refractivity contribution >= 4 is 11.9 Å². The van der Waals surface area contributed by atoms with E-state index < -0.39 is 29.9 Å². The van der Waals surface area contributed by atoms with Crippen LogP contribution in [0.25, 0.3) is 0 Å². The molecule has 7 atom stereocenters. The second kappa shape index (κ2) is 11.0. The van der Waals surface area contributed by atoms with Gasteiger partial charge in [0.05, 0.1) is 18.6 Å². The Labute approximate surface area is 219 Å². The highest BCUT2D eigenvalue weighted by atomic mass is 16.6. The molecule has 1 aliphatic heterocycles. The third kappa shape index (κ3) is 6.63. The first kappa shape index (κ1) is 27.4. The van der Waals surface area contributed by atoms with E-state index in [1.54, 1.807) is 13.8 Å². The van der Waals surface area contributed by atoms with Crippen molar-refractivity contribution in [1.82, 2.24) is 0 Å². The zero-order valence-corrected chi connectivity index (χ0v) is 22.5. The molecule has 0 bridgehead atoms. The molecule has 202 valence electrons. The van der Waals surface area contributed by atoms with Crippen molar-refractivity contribution in [2.45, 2.75) is 96.7 Å². The number of aryl methyl sites for hydroxylation is 2. The van der Waals surface area contributed by atoms with Crippen LogP contribution in [0.15, 0.2) is 42.0 Å². The van der Waals surface area contributed by atoms with Crippen molar-refractivity contribution in [2.75, 3.05) is 0 Å². The van der Waals surface area contributed by atoms with Crippen LogP contribution in [-0.2, 0) is 19.1 Å². The molecule has 0 radical (unpaired) electrons. The minimum Gasteiger partial charge on any atom is -0.476 e. The summed E-state index contributed by atoms with van der Waals surface area (Å²) < 4.78 is 17.7. The third-order valence-electron chi connectivity index (χ3n) is 7.75. The smallest absolute Gasteiger partial charge is 0.350 e. The van der Waals surface area contributed by atoms with Gasteiger partial charge in [-0.25, -0.2) is 4.79 Å². The molecular formula is C30H40O7. The molecule has 1 fully saturated rings. The van der Waals surface area contributed by atoms with E-state index in [1.807, 2.05) is 44.2 Å². The van der Waals surface area contributed by atoms with Crippen LogP contribution >= 0.6 is 0 Å². The van der Waals surface area contributed by atoms with E-state index >= 15 is 0 Å². The van der Waals surface area contributed by atoms with E-state index in [0.29, 0.717) is 25.0 Å². The number of esters is 2. The quantitative estimate of drug-likeness (QED) is 0.524. The summed E-state index contributed by atoms with van der Waals surface area (Å²) in [5, 5.41) is 20.5. The first-order valence-corrected chi connectivity index (χ1v) is 13.3. The molecule has 0 amide bonds. The largest absolute Gasteiger partial charge is 0.476 e. The second-order valence-electron chi connectivity index (χ2n) is 11.5. The van der Waals surface area contributed by atoms with Gasteiger partial charge in [0.1, 0.15) is 18.0 Å². The Morgan fingerprint density at radius 3 is 2.49 bits per heavy atom. The Morgan fingerprint density at radius 2 is 1.81 bits per heavy atom. The Balaban J connectivity index is 1.49. The molecule has 7 heteroatoms. The predicted octanol–water partition coefficient (Wildman–Crippen LogP) is 4.35. The number of hydrogen-bond donors (Lipinski definition) is 2. The normalized spacial score (nSPS) is 31.7. The number of cyclic esters (lactones) is 1. The van der Waals surface area contributed by atoms with Crippen molar-refractivity contribution in [3.8, 4) is 5.75 Å². The number of aliphatic hydroxyl groups excluding tert-OH is 2. The number of hydrogen-bond acceptors (Lipinski definition) is 7. The Hall–Kier alpha value is -2.64. The number of aliphatic hydroxyl groups is 2. The highest BCUT2D eigenvalue weighted by Crippen LogP contribution is 2.44. The lowest BCUT2D eigenvalue weighted by atomic mass is 9.66. The molecule has 1 saturated heterocycles. The molecule has 3 aliphatic rings. The first-order valence-electron chi connectivity index (χ1n) is 13.3. The van der Waals surface area contributed by atoms with Gasteiger partial charge >= 0.3 is 11.9 Å². The van der Waals surface area contributed by atoms with Gasteiger partial charge < -0.3 is 24.4 Å². The van der Waals surface area contributed by atoms with Gasteiger partial charge in [-0.3, -0.25) is 4.79 Å². The van der Waals surface area contributed by atoms with Crippen molar-refractivity contribution in [1.29, 1.82) is 0 Å². The second-order valence-corrected chi connectivity index (χ2v) is 11.5. The van der Waals surface area contributed by atoms with Gasteiger partial charge in [-0.2, -0.15) is 0 Å². The zero-order valence-electron chi connectivity index (χ0n) is 22.5. The molecule has 4 rings (SSSR count). The van der Waals surface area contributed by atoms with E-state index in [2.05, 4.69) is 13.0 Å². The summed E-state index contributed by atoms with van der Waals surface area (Å²) >= 11 is 0. The van der Waals surface area contributed by atoms with Crippen molar-refractivity contribution in [2.24, 2.45) is 17.8 Å². The molecule has 7 nitrogen and oxygen atoms in total. The molecule has 2 aliphatic carbocycles. The maximum absolute atomic E-state index is 13.4. The van der Waals surface area contributed by atoms with Crippen LogP contribution in [0.1, 0.15) is 64.0 Å². The lowest BCUT2D eigenvalue weighted by Crippen LogP contribution is -2.47. The summed E-state index contributed by atoms with van der Waals surface area (Å²) in [6, 6.07) is 5.83. The van der Waals surface area contributed by atoms with Crippen LogP contribution in [0.4, 0.5) is 0 Å². The summed E-state index contributed by atoms with van der Waals surface area (Å²) in [7, 11) is 0. The van der Waals surface area contributed by atoms with E-state index in [0.717, 1.165) is 23.1 Å². The number of ether oxygens (including phenoxy) is 3. The molecule has 0 unspecified atom stereocenters. The lowest BCUT2D eigenvalue weighted by molar-refractivity contribution is -0.171. The molecular weight excluding hydrogens is 472 g/mol. The first-order chi connectivity index (χ1) is 17.4. The highest BCUT2D eigenvalue weighted by Gasteiger charge is 2.44. The van der Waals surface area contributed by atoms with Crippen LogP contribution in [0.3, 0.4) is 0 Å².